The predicted octanol–water partition coefficient (Wildman–Crippen LogP) is 3.28. The molecule has 0 spiro atoms. The highest BCUT2D eigenvalue weighted by Gasteiger charge is 2.26. The van der Waals surface area contributed by atoms with E-state index in [4.69, 9.17) is 0 Å². The molecule has 18 heavy (non-hydrogen) atoms. The first-order valence-corrected chi connectivity index (χ1v) is 6.65. The normalized spacial score (nSPS) is 11.0. The van der Waals surface area contributed by atoms with E-state index in [9.17, 15) is 13.0 Å². The first-order chi connectivity index (χ1) is 8.09. The summed E-state index contributed by atoms with van der Waals surface area (Å²) in [5.41, 5.74) is 1.11. The van der Waals surface area contributed by atoms with E-state index < -0.39 is 15.4 Å². The van der Waals surface area contributed by atoms with Gasteiger partial charge in [0.2, 0.25) is 0 Å². The minimum Gasteiger partial charge on any atom is -0.285 e. The van der Waals surface area contributed by atoms with Crippen LogP contribution in [0.2, 0.25) is 0 Å². The fourth-order valence-corrected chi connectivity index (χ4v) is 2.79. The number of hydrogen-bond acceptors (Lipinski definition) is 2. The van der Waals surface area contributed by atoms with Gasteiger partial charge in [0.15, 0.2) is 0 Å². The van der Waals surface area contributed by atoms with Crippen molar-refractivity contribution in [3.05, 3.63) is 71.8 Å². The third kappa shape index (κ3) is 3.54. The van der Waals surface area contributed by atoms with E-state index in [1.165, 1.54) is 0 Å². The van der Waals surface area contributed by atoms with Crippen LogP contribution in [0.4, 0.5) is 0 Å². The minimum atomic E-state index is -4.17. The van der Waals surface area contributed by atoms with Crippen LogP contribution >= 0.6 is 24.0 Å². The molecule has 96 valence electrons. The van der Waals surface area contributed by atoms with Gasteiger partial charge in [0.05, 0.1) is 0 Å². The predicted molar refractivity (Wildman–Crippen MR) is 81.7 cm³/mol. The third-order valence-electron chi connectivity index (χ3n) is 2.50. The SMILES string of the molecule is I.O=S(=O)(O)C(c1ccccc1)c1ccccc1. The van der Waals surface area contributed by atoms with Crippen molar-refractivity contribution in [2.75, 3.05) is 0 Å². The highest BCUT2D eigenvalue weighted by Crippen LogP contribution is 2.28. The Morgan fingerprint density at radius 2 is 1.11 bits per heavy atom. The van der Waals surface area contributed by atoms with Gasteiger partial charge in [-0.05, 0) is 11.1 Å². The molecule has 2 aromatic rings. The Balaban J connectivity index is 0.00000162. The van der Waals surface area contributed by atoms with E-state index in [0.717, 1.165) is 0 Å². The highest BCUT2D eigenvalue weighted by atomic mass is 127. The summed E-state index contributed by atoms with van der Waals surface area (Å²) in [6, 6.07) is 17.3. The molecule has 0 aliphatic carbocycles. The van der Waals surface area contributed by atoms with Crippen LogP contribution < -0.4 is 0 Å². The molecule has 1 N–H and O–H groups in total. The molecule has 0 aliphatic rings. The van der Waals surface area contributed by atoms with Crippen molar-refractivity contribution in [3.8, 4) is 0 Å². The van der Waals surface area contributed by atoms with Crippen molar-refractivity contribution in [2.45, 2.75) is 5.25 Å². The quantitative estimate of drug-likeness (QED) is 0.661. The molecule has 0 aliphatic heterocycles. The lowest BCUT2D eigenvalue weighted by atomic mass is 10.0. The molecule has 0 heterocycles. The highest BCUT2D eigenvalue weighted by molar-refractivity contribution is 14.0. The van der Waals surface area contributed by atoms with E-state index in [1.54, 1.807) is 60.7 Å². The maximum atomic E-state index is 11.5. The molecule has 2 rings (SSSR count). The molecule has 0 unspecified atom stereocenters. The number of halogens is 1. The fraction of sp³-hybridized carbons (Fsp3) is 0.0769. The van der Waals surface area contributed by atoms with E-state index in [-0.39, 0.29) is 24.0 Å². The third-order valence-corrected chi connectivity index (χ3v) is 3.64. The Labute approximate surface area is 124 Å². The molecule has 5 heteroatoms. The van der Waals surface area contributed by atoms with Crippen LogP contribution in [0.15, 0.2) is 60.7 Å². The van der Waals surface area contributed by atoms with E-state index in [1.807, 2.05) is 0 Å². The molecule has 0 saturated carbocycles. The van der Waals surface area contributed by atoms with Gasteiger partial charge in [0, 0.05) is 0 Å². The minimum absolute atomic E-state index is 0. The van der Waals surface area contributed by atoms with Gasteiger partial charge in [-0.15, -0.1) is 24.0 Å². The smallest absolute Gasteiger partial charge is 0.276 e. The first kappa shape index (κ1) is 15.1. The van der Waals surface area contributed by atoms with Crippen molar-refractivity contribution in [1.82, 2.24) is 0 Å². The second-order valence-electron chi connectivity index (χ2n) is 3.72. The van der Waals surface area contributed by atoms with Crippen molar-refractivity contribution in [2.24, 2.45) is 0 Å². The molecule has 0 radical (unpaired) electrons. The Morgan fingerprint density at radius 3 is 1.39 bits per heavy atom. The zero-order valence-electron chi connectivity index (χ0n) is 9.43. The van der Waals surface area contributed by atoms with Gasteiger partial charge in [-0.25, -0.2) is 0 Å². The summed E-state index contributed by atoms with van der Waals surface area (Å²) >= 11 is 0. The van der Waals surface area contributed by atoms with Crippen LogP contribution in [-0.4, -0.2) is 13.0 Å². The summed E-state index contributed by atoms with van der Waals surface area (Å²) in [6.45, 7) is 0. The Hall–Kier alpha value is -0.920. The summed E-state index contributed by atoms with van der Waals surface area (Å²) in [4.78, 5) is 0. The first-order valence-electron chi connectivity index (χ1n) is 5.15. The van der Waals surface area contributed by atoms with Gasteiger partial charge >= 0.3 is 0 Å². The van der Waals surface area contributed by atoms with Gasteiger partial charge in [-0.3, -0.25) is 4.55 Å². The Kier molecular flexibility index (Phi) is 5.30. The lowest BCUT2D eigenvalue weighted by Gasteiger charge is -2.14. The van der Waals surface area contributed by atoms with Crippen molar-refractivity contribution >= 4 is 34.1 Å². The van der Waals surface area contributed by atoms with Crippen LogP contribution in [0.5, 0.6) is 0 Å². The second-order valence-corrected chi connectivity index (χ2v) is 5.22. The molecule has 0 bridgehead atoms. The van der Waals surface area contributed by atoms with Crippen molar-refractivity contribution < 1.29 is 13.0 Å². The van der Waals surface area contributed by atoms with Crippen LogP contribution in [-0.2, 0) is 10.1 Å². The van der Waals surface area contributed by atoms with Gasteiger partial charge in [0.1, 0.15) is 5.25 Å². The molecule has 0 fully saturated rings. The van der Waals surface area contributed by atoms with E-state index in [0.29, 0.717) is 11.1 Å². The van der Waals surface area contributed by atoms with Gasteiger partial charge in [-0.1, -0.05) is 60.7 Å². The average Bonchev–Trinajstić information content (AvgIpc) is 2.30. The monoisotopic (exact) mass is 376 g/mol. The van der Waals surface area contributed by atoms with E-state index in [2.05, 4.69) is 0 Å². The summed E-state index contributed by atoms with van der Waals surface area (Å²) in [6.07, 6.45) is 0. The van der Waals surface area contributed by atoms with Gasteiger partial charge in [-0.2, -0.15) is 8.42 Å². The maximum absolute atomic E-state index is 11.5. The van der Waals surface area contributed by atoms with Crippen LogP contribution in [0.25, 0.3) is 0 Å². The van der Waals surface area contributed by atoms with Crippen LogP contribution in [0, 0.1) is 0 Å². The van der Waals surface area contributed by atoms with Gasteiger partial charge in [0.25, 0.3) is 10.1 Å². The summed E-state index contributed by atoms with van der Waals surface area (Å²) in [5.74, 6) is 0. The lowest BCUT2D eigenvalue weighted by Crippen LogP contribution is -2.13. The molecular formula is C13H13IO3S. The van der Waals surface area contributed by atoms with Crippen molar-refractivity contribution in [1.29, 1.82) is 0 Å². The zero-order chi connectivity index (χ0) is 12.3. The fourth-order valence-electron chi connectivity index (χ4n) is 1.79. The number of rotatable bonds is 3. The maximum Gasteiger partial charge on any atom is 0.276 e. The molecule has 0 atom stereocenters. The molecule has 2 aromatic carbocycles. The molecule has 0 aromatic heterocycles. The topological polar surface area (TPSA) is 54.4 Å². The standard InChI is InChI=1S/C13H12O3S.HI/c14-17(15,16)13(11-7-3-1-4-8-11)12-9-5-2-6-10-12;/h1-10,13H,(H,14,15,16);1H. The summed E-state index contributed by atoms with van der Waals surface area (Å²) in [7, 11) is -4.17. The molecule has 3 nitrogen and oxygen atoms in total. The summed E-state index contributed by atoms with van der Waals surface area (Å²) < 4.78 is 32.3. The molecule has 0 saturated heterocycles. The average molecular weight is 376 g/mol. The zero-order valence-corrected chi connectivity index (χ0v) is 12.6. The lowest BCUT2D eigenvalue weighted by molar-refractivity contribution is 0.475. The van der Waals surface area contributed by atoms with Crippen LogP contribution in [0.3, 0.4) is 0 Å². The molecular weight excluding hydrogens is 363 g/mol. The van der Waals surface area contributed by atoms with Crippen LogP contribution in [0.1, 0.15) is 16.4 Å². The van der Waals surface area contributed by atoms with Crippen molar-refractivity contribution in [3.63, 3.8) is 0 Å². The largest absolute Gasteiger partial charge is 0.285 e. The number of benzene rings is 2. The Bertz CT molecular complexity index is 543. The number of hydrogen-bond donors (Lipinski definition) is 1. The van der Waals surface area contributed by atoms with Gasteiger partial charge < -0.3 is 0 Å². The summed E-state index contributed by atoms with van der Waals surface area (Å²) in [5, 5.41) is -1.02. The molecule has 0 amide bonds. The van der Waals surface area contributed by atoms with E-state index >= 15 is 0 Å². The second kappa shape index (κ2) is 6.31. The Morgan fingerprint density at radius 1 is 0.778 bits per heavy atom.